The number of aliphatic imine (C=N–C) groups is 1. The standard InChI is InChI=1S/C36H29N3/c1-39(2)36(34-20-18-30-22-28(14-16-32(30)24-34)26-11-7-4-8-12-26)38-35(37)33-19-17-29-21-27(13-15-31(29)23-33)25-9-5-3-6-10-25/h3-24,37H,1-2H3. The molecule has 3 nitrogen and oxygen atoms in total. The van der Waals surface area contributed by atoms with Gasteiger partial charge in [0.25, 0.3) is 0 Å². The summed E-state index contributed by atoms with van der Waals surface area (Å²) in [7, 11) is 3.95. The topological polar surface area (TPSA) is 39.5 Å². The van der Waals surface area contributed by atoms with Crippen molar-refractivity contribution in [3.63, 3.8) is 0 Å². The van der Waals surface area contributed by atoms with Gasteiger partial charge < -0.3 is 4.90 Å². The molecule has 188 valence electrons. The predicted octanol–water partition coefficient (Wildman–Crippen LogP) is 8.66. The van der Waals surface area contributed by atoms with Crippen LogP contribution in [0.1, 0.15) is 11.1 Å². The number of nitrogens with zero attached hydrogens (tertiary/aromatic N) is 2. The molecule has 1 N–H and O–H groups in total. The zero-order chi connectivity index (χ0) is 26.8. The second-order valence-electron chi connectivity index (χ2n) is 9.96. The smallest absolute Gasteiger partial charge is 0.154 e. The number of nitrogens with one attached hydrogen (secondary N) is 1. The van der Waals surface area contributed by atoms with Crippen LogP contribution in [0.15, 0.2) is 138 Å². The van der Waals surface area contributed by atoms with Gasteiger partial charge in [-0.2, -0.15) is 0 Å². The van der Waals surface area contributed by atoms with Gasteiger partial charge in [0.15, 0.2) is 5.84 Å². The molecule has 0 fully saturated rings. The summed E-state index contributed by atoms with van der Waals surface area (Å²) < 4.78 is 0. The van der Waals surface area contributed by atoms with Crippen molar-refractivity contribution in [3.05, 3.63) is 145 Å². The van der Waals surface area contributed by atoms with Crippen molar-refractivity contribution in [3.8, 4) is 22.3 Å². The monoisotopic (exact) mass is 503 g/mol. The average Bonchev–Trinajstić information content (AvgIpc) is 2.99. The van der Waals surface area contributed by atoms with E-state index in [0.717, 1.165) is 33.1 Å². The van der Waals surface area contributed by atoms with Crippen LogP contribution in [0.3, 0.4) is 0 Å². The molecule has 0 aliphatic heterocycles. The Morgan fingerprint density at radius 2 is 0.923 bits per heavy atom. The molecule has 6 aromatic rings. The van der Waals surface area contributed by atoms with Crippen LogP contribution in [-0.4, -0.2) is 30.7 Å². The SMILES string of the molecule is CN(C)C(=NC(=N)c1ccc2cc(-c3ccccc3)ccc2c1)c1ccc2cc(-c3ccccc3)ccc2c1. The van der Waals surface area contributed by atoms with Crippen molar-refractivity contribution in [2.45, 2.75) is 0 Å². The molecule has 0 amide bonds. The number of rotatable bonds is 4. The van der Waals surface area contributed by atoms with E-state index in [4.69, 9.17) is 10.4 Å². The Morgan fingerprint density at radius 1 is 0.487 bits per heavy atom. The van der Waals surface area contributed by atoms with E-state index in [-0.39, 0.29) is 5.84 Å². The van der Waals surface area contributed by atoms with Crippen LogP contribution >= 0.6 is 0 Å². The van der Waals surface area contributed by atoms with E-state index in [1.165, 1.54) is 27.6 Å². The Kier molecular flexibility index (Phi) is 6.48. The lowest BCUT2D eigenvalue weighted by molar-refractivity contribution is 0.625. The van der Waals surface area contributed by atoms with Crippen molar-refractivity contribution >= 4 is 33.2 Å². The highest BCUT2D eigenvalue weighted by Gasteiger charge is 2.11. The van der Waals surface area contributed by atoms with Gasteiger partial charge in [0.05, 0.1) is 0 Å². The first kappa shape index (κ1) is 24.3. The van der Waals surface area contributed by atoms with E-state index in [1.54, 1.807) is 0 Å². The lowest BCUT2D eigenvalue weighted by Crippen LogP contribution is -2.24. The molecule has 0 atom stereocenters. The molecule has 0 unspecified atom stereocenters. The van der Waals surface area contributed by atoms with Gasteiger partial charge >= 0.3 is 0 Å². The van der Waals surface area contributed by atoms with Gasteiger partial charge in [0, 0.05) is 25.2 Å². The average molecular weight is 504 g/mol. The quantitative estimate of drug-likeness (QED) is 0.190. The van der Waals surface area contributed by atoms with Crippen LogP contribution in [0, 0.1) is 5.41 Å². The predicted molar refractivity (Wildman–Crippen MR) is 166 cm³/mol. The second-order valence-corrected chi connectivity index (χ2v) is 9.96. The largest absolute Gasteiger partial charge is 0.362 e. The molecular weight excluding hydrogens is 474 g/mol. The third-order valence-corrected chi connectivity index (χ3v) is 7.07. The van der Waals surface area contributed by atoms with Gasteiger partial charge in [-0.1, -0.05) is 109 Å². The minimum Gasteiger partial charge on any atom is -0.362 e. The van der Waals surface area contributed by atoms with Crippen LogP contribution in [0.25, 0.3) is 43.8 Å². The number of hydrogen-bond donors (Lipinski definition) is 1. The lowest BCUT2D eigenvalue weighted by Gasteiger charge is -2.17. The van der Waals surface area contributed by atoms with E-state index in [9.17, 15) is 0 Å². The van der Waals surface area contributed by atoms with E-state index in [1.807, 2.05) is 37.2 Å². The molecule has 0 bridgehead atoms. The van der Waals surface area contributed by atoms with Crippen molar-refractivity contribution in [2.75, 3.05) is 14.1 Å². The molecule has 0 saturated heterocycles. The van der Waals surface area contributed by atoms with E-state index in [0.29, 0.717) is 0 Å². The molecule has 0 saturated carbocycles. The first-order valence-electron chi connectivity index (χ1n) is 13.1. The van der Waals surface area contributed by atoms with Gasteiger partial charge in [0.1, 0.15) is 5.84 Å². The summed E-state index contributed by atoms with van der Waals surface area (Å²) in [4.78, 5) is 6.76. The third kappa shape index (κ3) is 5.07. The van der Waals surface area contributed by atoms with Crippen LogP contribution in [0.4, 0.5) is 0 Å². The molecule has 0 spiro atoms. The lowest BCUT2D eigenvalue weighted by atomic mass is 9.99. The fraction of sp³-hybridized carbons (Fsp3) is 0.0556. The number of hydrogen-bond acceptors (Lipinski definition) is 1. The summed E-state index contributed by atoms with van der Waals surface area (Å²) in [6.45, 7) is 0. The van der Waals surface area contributed by atoms with Gasteiger partial charge in [0.2, 0.25) is 0 Å². The zero-order valence-corrected chi connectivity index (χ0v) is 22.1. The van der Waals surface area contributed by atoms with E-state index in [2.05, 4.69) is 115 Å². The highest BCUT2D eigenvalue weighted by Crippen LogP contribution is 2.27. The van der Waals surface area contributed by atoms with Crippen molar-refractivity contribution in [2.24, 2.45) is 4.99 Å². The molecular formula is C36H29N3. The maximum Gasteiger partial charge on any atom is 0.154 e. The fourth-order valence-electron chi connectivity index (χ4n) is 4.99. The molecule has 0 aromatic heterocycles. The number of amidine groups is 2. The summed E-state index contributed by atoms with van der Waals surface area (Å²) >= 11 is 0. The molecule has 0 radical (unpaired) electrons. The first-order valence-corrected chi connectivity index (χ1v) is 13.1. The summed E-state index contributed by atoms with van der Waals surface area (Å²) in [5.41, 5.74) is 6.57. The van der Waals surface area contributed by atoms with Crippen LogP contribution in [0.2, 0.25) is 0 Å². The Morgan fingerprint density at radius 3 is 1.44 bits per heavy atom. The summed E-state index contributed by atoms with van der Waals surface area (Å²) in [5.74, 6) is 1.00. The fourth-order valence-corrected chi connectivity index (χ4v) is 4.99. The minimum absolute atomic E-state index is 0.243. The molecule has 0 aliphatic carbocycles. The normalized spacial score (nSPS) is 11.6. The Bertz CT molecular complexity index is 1830. The van der Waals surface area contributed by atoms with Crippen molar-refractivity contribution < 1.29 is 0 Å². The van der Waals surface area contributed by atoms with E-state index < -0.39 is 0 Å². The minimum atomic E-state index is 0.243. The molecule has 39 heavy (non-hydrogen) atoms. The van der Waals surface area contributed by atoms with Crippen molar-refractivity contribution in [1.82, 2.24) is 4.90 Å². The molecule has 6 aromatic carbocycles. The van der Waals surface area contributed by atoms with Gasteiger partial charge in [-0.3, -0.25) is 5.41 Å². The molecule has 0 heterocycles. The number of fused-ring (bicyclic) bond motifs is 2. The van der Waals surface area contributed by atoms with Crippen LogP contribution in [-0.2, 0) is 0 Å². The van der Waals surface area contributed by atoms with Crippen LogP contribution in [0.5, 0.6) is 0 Å². The van der Waals surface area contributed by atoms with Gasteiger partial charge in [-0.25, -0.2) is 4.99 Å². The highest BCUT2D eigenvalue weighted by molar-refractivity contribution is 6.12. The van der Waals surface area contributed by atoms with Crippen molar-refractivity contribution in [1.29, 1.82) is 5.41 Å². The summed E-state index contributed by atoms with van der Waals surface area (Å²) in [5, 5.41) is 13.4. The Hall–Kier alpha value is -5.02. The maximum absolute atomic E-state index is 8.83. The molecule has 6 rings (SSSR count). The Labute approximate surface area is 229 Å². The van der Waals surface area contributed by atoms with Gasteiger partial charge in [-0.15, -0.1) is 0 Å². The highest BCUT2D eigenvalue weighted by atomic mass is 15.1. The first-order chi connectivity index (χ1) is 19.0. The summed E-state index contributed by atoms with van der Waals surface area (Å²) in [6, 6.07) is 46.3. The molecule has 3 heteroatoms. The zero-order valence-electron chi connectivity index (χ0n) is 22.1. The second kappa shape index (κ2) is 10.4. The third-order valence-electron chi connectivity index (χ3n) is 7.07. The van der Waals surface area contributed by atoms with Crippen LogP contribution < -0.4 is 0 Å². The summed E-state index contributed by atoms with van der Waals surface area (Å²) in [6.07, 6.45) is 0. The maximum atomic E-state index is 8.83. The Balaban J connectivity index is 1.30. The van der Waals surface area contributed by atoms with Gasteiger partial charge in [-0.05, 0) is 68.1 Å². The number of benzene rings is 6. The van der Waals surface area contributed by atoms with E-state index >= 15 is 0 Å². The molecule has 0 aliphatic rings.